The van der Waals surface area contributed by atoms with E-state index >= 15 is 0 Å². The maximum atomic E-state index is 13.0. The Labute approximate surface area is 110 Å². The highest BCUT2D eigenvalue weighted by Crippen LogP contribution is 2.36. The van der Waals surface area contributed by atoms with Gasteiger partial charge in [0.25, 0.3) is 0 Å². The fourth-order valence-electron chi connectivity index (χ4n) is 1.29. The maximum absolute atomic E-state index is 13.0. The number of aliphatic carboxylic acids is 1. The third kappa shape index (κ3) is 3.66. The van der Waals surface area contributed by atoms with Gasteiger partial charge in [0.2, 0.25) is 5.75 Å². The number of nitrogens with zero attached hydrogens (tertiary/aromatic N) is 1. The lowest BCUT2D eigenvalue weighted by Gasteiger charge is -2.14. The Morgan fingerprint density at radius 3 is 2.78 bits per heavy atom. The van der Waals surface area contributed by atoms with Crippen LogP contribution in [-0.4, -0.2) is 22.1 Å². The molecule has 18 heavy (non-hydrogen) atoms. The standard InChI is InChI=1S/C10H9BrFNO5/c1-5(2-9(14)15)18-10-7(11)3-6(12)4-8(10)13(16)17/h3-5H,2H2,1H3,(H,14,15)/t5-/m1/s1. The highest BCUT2D eigenvalue weighted by molar-refractivity contribution is 9.10. The summed E-state index contributed by atoms with van der Waals surface area (Å²) < 4.78 is 18.3. The molecule has 0 saturated heterocycles. The Morgan fingerprint density at radius 1 is 1.67 bits per heavy atom. The van der Waals surface area contributed by atoms with E-state index in [-0.39, 0.29) is 16.6 Å². The minimum absolute atomic E-state index is 0.0615. The molecule has 1 N–H and O–H groups in total. The third-order valence-corrected chi connectivity index (χ3v) is 2.56. The minimum atomic E-state index is -1.09. The van der Waals surface area contributed by atoms with Crippen LogP contribution in [-0.2, 0) is 4.79 Å². The first-order chi connectivity index (χ1) is 8.31. The van der Waals surface area contributed by atoms with Crippen LogP contribution in [0.2, 0.25) is 0 Å². The summed E-state index contributed by atoms with van der Waals surface area (Å²) in [6.45, 7) is 1.45. The second-order valence-corrected chi connectivity index (χ2v) is 4.37. The number of carboxylic acid groups (broad SMARTS) is 1. The molecule has 0 spiro atoms. The minimum Gasteiger partial charge on any atom is -0.482 e. The highest BCUT2D eigenvalue weighted by Gasteiger charge is 2.23. The Morgan fingerprint density at radius 2 is 2.28 bits per heavy atom. The number of ether oxygens (including phenoxy) is 1. The van der Waals surface area contributed by atoms with Crippen LogP contribution < -0.4 is 4.74 Å². The SMILES string of the molecule is C[C@H](CC(=O)O)Oc1c(Br)cc(F)cc1[N+](=O)[O-]. The zero-order valence-corrected chi connectivity index (χ0v) is 10.8. The molecular weight excluding hydrogens is 313 g/mol. The molecule has 0 heterocycles. The van der Waals surface area contributed by atoms with E-state index < -0.39 is 28.5 Å². The van der Waals surface area contributed by atoms with Gasteiger partial charge in [0.1, 0.15) is 11.9 Å². The molecule has 98 valence electrons. The molecule has 1 atom stereocenters. The predicted octanol–water partition coefficient (Wildman–Crippen LogP) is 2.74. The number of benzene rings is 1. The van der Waals surface area contributed by atoms with Gasteiger partial charge in [-0.05, 0) is 28.9 Å². The van der Waals surface area contributed by atoms with Gasteiger partial charge >= 0.3 is 11.7 Å². The second-order valence-electron chi connectivity index (χ2n) is 3.52. The number of hydrogen-bond acceptors (Lipinski definition) is 4. The lowest BCUT2D eigenvalue weighted by molar-refractivity contribution is -0.386. The summed E-state index contributed by atoms with van der Waals surface area (Å²) in [6.07, 6.45) is -1.09. The number of hydrogen-bond donors (Lipinski definition) is 1. The van der Waals surface area contributed by atoms with Gasteiger partial charge in [-0.3, -0.25) is 14.9 Å². The number of halogens is 2. The Kier molecular flexibility index (Phi) is 4.60. The molecule has 0 unspecified atom stereocenters. The summed E-state index contributed by atoms with van der Waals surface area (Å²) in [4.78, 5) is 20.4. The van der Waals surface area contributed by atoms with E-state index in [0.29, 0.717) is 6.07 Å². The van der Waals surface area contributed by atoms with Crippen molar-refractivity contribution in [1.82, 2.24) is 0 Å². The highest BCUT2D eigenvalue weighted by atomic mass is 79.9. The lowest BCUT2D eigenvalue weighted by atomic mass is 10.2. The van der Waals surface area contributed by atoms with E-state index in [0.717, 1.165) is 6.07 Å². The molecule has 0 aliphatic heterocycles. The molecule has 0 aliphatic carbocycles. The van der Waals surface area contributed by atoms with Crippen LogP contribution in [0.5, 0.6) is 5.75 Å². The van der Waals surface area contributed by atoms with Crippen molar-refractivity contribution in [1.29, 1.82) is 0 Å². The summed E-state index contributed by atoms with van der Waals surface area (Å²) in [5.74, 6) is -2.06. The number of carboxylic acids is 1. The summed E-state index contributed by atoms with van der Waals surface area (Å²) in [6, 6.07) is 1.73. The molecule has 0 fully saturated rings. The molecule has 0 aliphatic rings. The van der Waals surface area contributed by atoms with Crippen LogP contribution >= 0.6 is 15.9 Å². The van der Waals surface area contributed by atoms with Crippen molar-refractivity contribution in [3.8, 4) is 5.75 Å². The average molecular weight is 322 g/mol. The molecule has 0 saturated carbocycles. The van der Waals surface area contributed by atoms with Gasteiger partial charge in [0.05, 0.1) is 21.9 Å². The van der Waals surface area contributed by atoms with Crippen molar-refractivity contribution < 1.29 is 24.0 Å². The van der Waals surface area contributed by atoms with Crippen LogP contribution in [0.25, 0.3) is 0 Å². The first kappa shape index (κ1) is 14.4. The van der Waals surface area contributed by atoms with Crippen LogP contribution in [0.1, 0.15) is 13.3 Å². The topological polar surface area (TPSA) is 89.7 Å². The second kappa shape index (κ2) is 5.76. The molecule has 6 nitrogen and oxygen atoms in total. The summed E-state index contributed by atoms with van der Waals surface area (Å²) in [5, 5.41) is 19.3. The molecule has 1 aromatic carbocycles. The van der Waals surface area contributed by atoms with Crippen LogP contribution in [0.15, 0.2) is 16.6 Å². The fraction of sp³-hybridized carbons (Fsp3) is 0.300. The van der Waals surface area contributed by atoms with Gasteiger partial charge in [-0.2, -0.15) is 0 Å². The number of nitro groups is 1. The number of carbonyl (C=O) groups is 1. The number of nitro benzene ring substituents is 1. The van der Waals surface area contributed by atoms with Crippen molar-refractivity contribution in [2.75, 3.05) is 0 Å². The quantitative estimate of drug-likeness (QED) is 0.665. The van der Waals surface area contributed by atoms with Gasteiger partial charge in [-0.15, -0.1) is 0 Å². The van der Waals surface area contributed by atoms with E-state index in [9.17, 15) is 19.3 Å². The molecule has 8 heteroatoms. The zero-order valence-electron chi connectivity index (χ0n) is 9.22. The maximum Gasteiger partial charge on any atom is 0.315 e. The summed E-state index contributed by atoms with van der Waals surface area (Å²) in [5.41, 5.74) is -0.556. The predicted molar refractivity (Wildman–Crippen MR) is 63.1 cm³/mol. The van der Waals surface area contributed by atoms with E-state index in [2.05, 4.69) is 15.9 Å². The molecule has 0 aromatic heterocycles. The van der Waals surface area contributed by atoms with E-state index in [1.54, 1.807) is 0 Å². The molecule has 0 radical (unpaired) electrons. The van der Waals surface area contributed by atoms with Crippen LogP contribution in [0.3, 0.4) is 0 Å². The smallest absolute Gasteiger partial charge is 0.315 e. The van der Waals surface area contributed by atoms with E-state index in [1.807, 2.05) is 0 Å². The lowest BCUT2D eigenvalue weighted by Crippen LogP contribution is -2.17. The largest absolute Gasteiger partial charge is 0.482 e. The van der Waals surface area contributed by atoms with Crippen molar-refractivity contribution in [2.24, 2.45) is 0 Å². The van der Waals surface area contributed by atoms with E-state index in [1.165, 1.54) is 6.92 Å². The zero-order chi connectivity index (χ0) is 13.9. The van der Waals surface area contributed by atoms with Crippen molar-refractivity contribution >= 4 is 27.6 Å². The van der Waals surface area contributed by atoms with Gasteiger partial charge < -0.3 is 9.84 Å². The van der Waals surface area contributed by atoms with Gasteiger partial charge in [-0.1, -0.05) is 0 Å². The van der Waals surface area contributed by atoms with Crippen molar-refractivity contribution in [2.45, 2.75) is 19.4 Å². The van der Waals surface area contributed by atoms with Crippen LogP contribution in [0, 0.1) is 15.9 Å². The molecule has 0 amide bonds. The van der Waals surface area contributed by atoms with Gasteiger partial charge in [0.15, 0.2) is 0 Å². The molecular formula is C10H9BrFNO5. The van der Waals surface area contributed by atoms with Gasteiger partial charge in [0, 0.05) is 0 Å². The number of rotatable bonds is 5. The molecule has 1 aromatic rings. The molecule has 0 bridgehead atoms. The van der Waals surface area contributed by atoms with Crippen molar-refractivity contribution in [3.63, 3.8) is 0 Å². The normalized spacial score (nSPS) is 11.9. The molecule has 1 rings (SSSR count). The first-order valence-corrected chi connectivity index (χ1v) is 5.62. The first-order valence-electron chi connectivity index (χ1n) is 4.83. The fourth-order valence-corrected chi connectivity index (χ4v) is 1.80. The summed E-state index contributed by atoms with van der Waals surface area (Å²) in [7, 11) is 0. The van der Waals surface area contributed by atoms with Crippen molar-refractivity contribution in [3.05, 3.63) is 32.5 Å². The Balaban J connectivity index is 3.07. The average Bonchev–Trinajstić information content (AvgIpc) is 2.20. The van der Waals surface area contributed by atoms with Crippen LogP contribution in [0.4, 0.5) is 10.1 Å². The Hall–Kier alpha value is -1.70. The Bertz CT molecular complexity index is 493. The summed E-state index contributed by atoms with van der Waals surface area (Å²) >= 11 is 2.94. The third-order valence-electron chi connectivity index (χ3n) is 1.97. The van der Waals surface area contributed by atoms with Gasteiger partial charge in [-0.25, -0.2) is 4.39 Å². The monoisotopic (exact) mass is 321 g/mol. The van der Waals surface area contributed by atoms with E-state index in [4.69, 9.17) is 9.84 Å².